The van der Waals surface area contributed by atoms with Crippen LogP contribution in [0.25, 0.3) is 0 Å². The topological polar surface area (TPSA) is 23.6 Å². The molecule has 1 unspecified atom stereocenters. The summed E-state index contributed by atoms with van der Waals surface area (Å²) >= 11 is 2.22. The molecule has 1 aliphatic heterocycles. The van der Waals surface area contributed by atoms with Crippen molar-refractivity contribution in [2.24, 2.45) is 0 Å². The van der Waals surface area contributed by atoms with E-state index in [0.717, 1.165) is 22.2 Å². The van der Waals surface area contributed by atoms with Gasteiger partial charge in [-0.3, -0.25) is 4.79 Å². The normalized spacial score (nSPS) is 20.1. The minimum Gasteiger partial charge on any atom is -0.340 e. The van der Waals surface area contributed by atoms with Crippen molar-refractivity contribution < 1.29 is 4.79 Å². The number of halogens is 1. The van der Waals surface area contributed by atoms with Crippen LogP contribution in [0, 0.1) is 3.57 Å². The third kappa shape index (κ3) is 3.03. The van der Waals surface area contributed by atoms with Gasteiger partial charge in [-0.05, 0) is 61.2 Å². The van der Waals surface area contributed by atoms with Gasteiger partial charge in [-0.25, -0.2) is 0 Å². The number of nitrogens with zero attached hydrogens (tertiary/aromatic N) is 2. The molecular weight excluding hydrogens is 339 g/mol. The van der Waals surface area contributed by atoms with Crippen molar-refractivity contribution in [1.29, 1.82) is 0 Å². The van der Waals surface area contributed by atoms with Crippen LogP contribution in [0.4, 0.5) is 0 Å². The van der Waals surface area contributed by atoms with E-state index in [9.17, 15) is 4.79 Å². The van der Waals surface area contributed by atoms with Crippen LogP contribution >= 0.6 is 22.6 Å². The molecule has 1 atom stereocenters. The molecule has 0 aromatic heterocycles. The Hall–Kier alpha value is -0.620. The van der Waals surface area contributed by atoms with Gasteiger partial charge in [0.15, 0.2) is 0 Å². The van der Waals surface area contributed by atoms with Crippen LogP contribution in [0.2, 0.25) is 0 Å². The molecule has 0 aliphatic carbocycles. The number of carbonyl (C=O) groups is 1. The molecule has 0 spiro atoms. The van der Waals surface area contributed by atoms with Gasteiger partial charge < -0.3 is 9.80 Å². The lowest BCUT2D eigenvalue weighted by Crippen LogP contribution is -2.39. The molecule has 4 heteroatoms. The van der Waals surface area contributed by atoms with E-state index < -0.39 is 0 Å². The minimum absolute atomic E-state index is 0.125. The number of hydrogen-bond donors (Lipinski definition) is 0. The van der Waals surface area contributed by atoms with Gasteiger partial charge in [-0.2, -0.15) is 0 Å². The quantitative estimate of drug-likeness (QED) is 0.775. The Morgan fingerprint density at radius 2 is 2.22 bits per heavy atom. The molecule has 0 radical (unpaired) electrons. The fraction of sp³-hybridized carbons (Fsp3) is 0.500. The minimum atomic E-state index is 0.125. The molecule has 1 heterocycles. The smallest absolute Gasteiger partial charge is 0.254 e. The number of likely N-dealkylation sites (tertiary alicyclic amines) is 1. The van der Waals surface area contributed by atoms with Crippen molar-refractivity contribution in [3.63, 3.8) is 0 Å². The number of rotatable bonds is 3. The zero-order chi connectivity index (χ0) is 13.1. The van der Waals surface area contributed by atoms with Crippen molar-refractivity contribution in [2.75, 3.05) is 27.2 Å². The first-order valence-corrected chi connectivity index (χ1v) is 7.37. The van der Waals surface area contributed by atoms with E-state index in [1.807, 2.05) is 36.2 Å². The lowest BCUT2D eigenvalue weighted by molar-refractivity contribution is 0.0760. The molecule has 2 rings (SSSR count). The molecular formula is C14H19IN2O. The van der Waals surface area contributed by atoms with Crippen LogP contribution < -0.4 is 0 Å². The average Bonchev–Trinajstić information content (AvgIpc) is 2.75. The van der Waals surface area contributed by atoms with Crippen molar-refractivity contribution in [3.05, 3.63) is 33.4 Å². The maximum absolute atomic E-state index is 12.4. The third-order valence-electron chi connectivity index (χ3n) is 3.61. The van der Waals surface area contributed by atoms with Crippen LogP contribution in [0.15, 0.2) is 24.3 Å². The number of likely N-dealkylation sites (N-methyl/N-ethyl adjacent to an activating group) is 2. The molecule has 1 saturated heterocycles. The fourth-order valence-electron chi connectivity index (χ4n) is 2.45. The van der Waals surface area contributed by atoms with Gasteiger partial charge in [0.1, 0.15) is 0 Å². The third-order valence-corrected chi connectivity index (χ3v) is 4.55. The number of carbonyl (C=O) groups excluding carboxylic acids is 1. The first kappa shape index (κ1) is 13.8. The maximum Gasteiger partial charge on any atom is 0.254 e. The number of benzene rings is 1. The van der Waals surface area contributed by atoms with Gasteiger partial charge in [-0.1, -0.05) is 12.1 Å². The van der Waals surface area contributed by atoms with Crippen LogP contribution in [0.5, 0.6) is 0 Å². The van der Waals surface area contributed by atoms with Crippen molar-refractivity contribution in [3.8, 4) is 0 Å². The predicted molar refractivity (Wildman–Crippen MR) is 81.8 cm³/mol. The zero-order valence-corrected chi connectivity index (χ0v) is 13.1. The highest BCUT2D eigenvalue weighted by molar-refractivity contribution is 14.1. The molecule has 1 aliphatic rings. The van der Waals surface area contributed by atoms with E-state index in [1.54, 1.807) is 0 Å². The average molecular weight is 358 g/mol. The largest absolute Gasteiger partial charge is 0.340 e. The van der Waals surface area contributed by atoms with Crippen molar-refractivity contribution >= 4 is 28.5 Å². The van der Waals surface area contributed by atoms with Crippen LogP contribution in [0.1, 0.15) is 23.2 Å². The van der Waals surface area contributed by atoms with E-state index in [-0.39, 0.29) is 5.91 Å². The highest BCUT2D eigenvalue weighted by atomic mass is 127. The first-order chi connectivity index (χ1) is 8.59. The lowest BCUT2D eigenvalue weighted by atomic mass is 10.1. The summed E-state index contributed by atoms with van der Waals surface area (Å²) < 4.78 is 1.02. The second-order valence-electron chi connectivity index (χ2n) is 4.94. The van der Waals surface area contributed by atoms with E-state index in [1.165, 1.54) is 12.8 Å². The Labute approximate surface area is 122 Å². The first-order valence-electron chi connectivity index (χ1n) is 6.30. The van der Waals surface area contributed by atoms with Gasteiger partial charge in [-0.15, -0.1) is 0 Å². The zero-order valence-electron chi connectivity index (χ0n) is 10.9. The number of hydrogen-bond acceptors (Lipinski definition) is 2. The lowest BCUT2D eigenvalue weighted by Gasteiger charge is -2.26. The van der Waals surface area contributed by atoms with Gasteiger partial charge in [0, 0.05) is 23.2 Å². The molecule has 18 heavy (non-hydrogen) atoms. The molecule has 1 aromatic rings. The molecule has 0 bridgehead atoms. The van der Waals surface area contributed by atoms with Gasteiger partial charge >= 0.3 is 0 Å². The summed E-state index contributed by atoms with van der Waals surface area (Å²) in [6.07, 6.45) is 2.44. The molecule has 0 N–H and O–H groups in total. The van der Waals surface area contributed by atoms with E-state index in [4.69, 9.17) is 0 Å². The summed E-state index contributed by atoms with van der Waals surface area (Å²) in [4.78, 5) is 16.6. The summed E-state index contributed by atoms with van der Waals surface area (Å²) in [5, 5.41) is 0. The van der Waals surface area contributed by atoms with Crippen molar-refractivity contribution in [1.82, 2.24) is 9.80 Å². The van der Waals surface area contributed by atoms with E-state index in [0.29, 0.717) is 6.04 Å². The highest BCUT2D eigenvalue weighted by Crippen LogP contribution is 2.18. The molecule has 98 valence electrons. The SMILES string of the molecule is CN(CC1CCCN1C)C(=O)c1ccccc1I. The predicted octanol–water partition coefficient (Wildman–Crippen LogP) is 2.46. The second-order valence-corrected chi connectivity index (χ2v) is 6.10. The van der Waals surface area contributed by atoms with Gasteiger partial charge in [0.05, 0.1) is 5.56 Å². The highest BCUT2D eigenvalue weighted by Gasteiger charge is 2.24. The Bertz CT molecular complexity index is 436. The van der Waals surface area contributed by atoms with Crippen LogP contribution in [-0.2, 0) is 0 Å². The number of amides is 1. The second kappa shape index (κ2) is 6.02. The van der Waals surface area contributed by atoms with E-state index >= 15 is 0 Å². The summed E-state index contributed by atoms with van der Waals surface area (Å²) in [6.45, 7) is 1.97. The molecule has 1 amide bonds. The summed E-state index contributed by atoms with van der Waals surface area (Å²) in [7, 11) is 4.04. The van der Waals surface area contributed by atoms with Crippen LogP contribution in [0.3, 0.4) is 0 Å². The van der Waals surface area contributed by atoms with E-state index in [2.05, 4.69) is 34.5 Å². The molecule has 0 saturated carbocycles. The molecule has 1 fully saturated rings. The standard InChI is InChI=1S/C14H19IN2O/c1-16-9-5-6-11(16)10-17(2)14(18)12-7-3-4-8-13(12)15/h3-4,7-8,11H,5-6,9-10H2,1-2H3. The van der Waals surface area contributed by atoms with Crippen LogP contribution in [-0.4, -0.2) is 48.9 Å². The van der Waals surface area contributed by atoms with Gasteiger partial charge in [0.25, 0.3) is 5.91 Å². The Morgan fingerprint density at radius 3 is 2.83 bits per heavy atom. The Morgan fingerprint density at radius 1 is 1.50 bits per heavy atom. The Balaban J connectivity index is 2.03. The van der Waals surface area contributed by atoms with Gasteiger partial charge in [0.2, 0.25) is 0 Å². The maximum atomic E-state index is 12.4. The summed E-state index contributed by atoms with van der Waals surface area (Å²) in [5.74, 6) is 0.125. The molecule has 1 aromatic carbocycles. The summed E-state index contributed by atoms with van der Waals surface area (Å²) in [6, 6.07) is 8.27. The molecule has 3 nitrogen and oxygen atoms in total. The Kier molecular flexibility index (Phi) is 4.61. The summed E-state index contributed by atoms with van der Waals surface area (Å²) in [5.41, 5.74) is 0.807. The fourth-order valence-corrected chi connectivity index (χ4v) is 3.07. The monoisotopic (exact) mass is 358 g/mol. The van der Waals surface area contributed by atoms with Crippen molar-refractivity contribution in [2.45, 2.75) is 18.9 Å².